The number of hydrogen-bond acceptors (Lipinski definition) is 3. The Morgan fingerprint density at radius 1 is 0.828 bits per heavy atom. The van der Waals surface area contributed by atoms with Gasteiger partial charge in [-0.05, 0) is 48.5 Å². The summed E-state index contributed by atoms with van der Waals surface area (Å²) in [7, 11) is 0. The van der Waals surface area contributed by atoms with Gasteiger partial charge in [-0.2, -0.15) is 5.10 Å². The van der Waals surface area contributed by atoms with E-state index in [1.165, 1.54) is 6.21 Å². The molecule has 0 fully saturated rings. The fourth-order valence-corrected chi connectivity index (χ4v) is 3.00. The zero-order valence-electron chi connectivity index (χ0n) is 14.8. The highest BCUT2D eigenvalue weighted by molar-refractivity contribution is 6.36. The predicted octanol–water partition coefficient (Wildman–Crippen LogP) is 5.66. The highest BCUT2D eigenvalue weighted by atomic mass is 35.5. The summed E-state index contributed by atoms with van der Waals surface area (Å²) in [5, 5.41) is 8.07. The minimum absolute atomic E-state index is 0.258. The maximum Gasteiger partial charge on any atom is 0.273 e. The SMILES string of the molecule is O=C(Nc1ccccc1C(=O)N/N=C\c1ccc(Cl)cc1Cl)c1ccc(Cl)cc1. The van der Waals surface area contributed by atoms with E-state index in [1.807, 2.05) is 0 Å². The molecule has 0 aromatic heterocycles. The summed E-state index contributed by atoms with van der Waals surface area (Å²) in [5.41, 5.74) is 4.04. The van der Waals surface area contributed by atoms with Crippen LogP contribution in [0.15, 0.2) is 71.8 Å². The lowest BCUT2D eigenvalue weighted by atomic mass is 10.1. The molecule has 29 heavy (non-hydrogen) atoms. The maximum atomic E-state index is 12.5. The maximum absolute atomic E-state index is 12.5. The molecule has 0 saturated carbocycles. The second-order valence-corrected chi connectivity index (χ2v) is 7.15. The minimum Gasteiger partial charge on any atom is -0.321 e. The van der Waals surface area contributed by atoms with Gasteiger partial charge in [0.25, 0.3) is 11.8 Å². The molecule has 0 bridgehead atoms. The van der Waals surface area contributed by atoms with E-state index in [1.54, 1.807) is 66.7 Å². The fraction of sp³-hybridized carbons (Fsp3) is 0. The van der Waals surface area contributed by atoms with Crippen LogP contribution in [0.3, 0.4) is 0 Å². The van der Waals surface area contributed by atoms with Gasteiger partial charge in [-0.15, -0.1) is 0 Å². The number of nitrogens with zero attached hydrogens (tertiary/aromatic N) is 1. The van der Waals surface area contributed by atoms with Crippen molar-refractivity contribution in [1.82, 2.24) is 5.43 Å². The summed E-state index contributed by atoms with van der Waals surface area (Å²) in [6, 6.07) is 18.0. The third-order valence-corrected chi connectivity index (χ3v) is 4.67. The molecule has 3 aromatic carbocycles. The van der Waals surface area contributed by atoms with E-state index < -0.39 is 5.91 Å². The molecule has 0 spiro atoms. The van der Waals surface area contributed by atoms with E-state index in [0.29, 0.717) is 31.9 Å². The average molecular weight is 447 g/mol. The fourth-order valence-electron chi connectivity index (χ4n) is 2.41. The van der Waals surface area contributed by atoms with Crippen molar-refractivity contribution in [2.24, 2.45) is 5.10 Å². The highest BCUT2D eigenvalue weighted by Crippen LogP contribution is 2.20. The van der Waals surface area contributed by atoms with E-state index in [9.17, 15) is 9.59 Å². The van der Waals surface area contributed by atoms with E-state index >= 15 is 0 Å². The van der Waals surface area contributed by atoms with Gasteiger partial charge in [0.15, 0.2) is 0 Å². The molecular formula is C21H14Cl3N3O2. The van der Waals surface area contributed by atoms with Crippen LogP contribution >= 0.6 is 34.8 Å². The van der Waals surface area contributed by atoms with Crippen LogP contribution in [0.5, 0.6) is 0 Å². The summed E-state index contributed by atoms with van der Waals surface area (Å²) in [6.45, 7) is 0. The van der Waals surface area contributed by atoms with Crippen LogP contribution in [0.2, 0.25) is 15.1 Å². The molecule has 0 heterocycles. The first kappa shape index (κ1) is 20.9. The van der Waals surface area contributed by atoms with Gasteiger partial charge in [0.1, 0.15) is 0 Å². The van der Waals surface area contributed by atoms with Crippen LogP contribution in [0.4, 0.5) is 5.69 Å². The van der Waals surface area contributed by atoms with E-state index in [-0.39, 0.29) is 11.5 Å². The largest absolute Gasteiger partial charge is 0.321 e. The number of hydrazone groups is 1. The molecule has 8 heteroatoms. The number of anilines is 1. The van der Waals surface area contributed by atoms with Crippen LogP contribution in [-0.4, -0.2) is 18.0 Å². The van der Waals surface area contributed by atoms with Gasteiger partial charge in [0, 0.05) is 21.2 Å². The standard InChI is InChI=1S/C21H14Cl3N3O2/c22-15-8-5-13(6-9-15)20(28)26-19-4-2-1-3-17(19)21(29)27-25-12-14-7-10-16(23)11-18(14)24/h1-12H,(H,26,28)(H,27,29)/b25-12-. The lowest BCUT2D eigenvalue weighted by Crippen LogP contribution is -2.21. The Kier molecular flexibility index (Phi) is 6.88. The van der Waals surface area contributed by atoms with Crippen LogP contribution in [0.1, 0.15) is 26.3 Å². The minimum atomic E-state index is -0.488. The Balaban J connectivity index is 1.72. The number of nitrogens with one attached hydrogen (secondary N) is 2. The molecule has 0 atom stereocenters. The number of para-hydroxylation sites is 1. The molecule has 146 valence electrons. The first-order valence-corrected chi connectivity index (χ1v) is 9.52. The highest BCUT2D eigenvalue weighted by Gasteiger charge is 2.13. The Hall–Kier alpha value is -2.86. The lowest BCUT2D eigenvalue weighted by Gasteiger charge is -2.10. The van der Waals surface area contributed by atoms with Crippen molar-refractivity contribution < 1.29 is 9.59 Å². The van der Waals surface area contributed by atoms with Crippen molar-refractivity contribution in [1.29, 1.82) is 0 Å². The van der Waals surface area contributed by atoms with Gasteiger partial charge in [-0.25, -0.2) is 5.43 Å². The van der Waals surface area contributed by atoms with Gasteiger partial charge >= 0.3 is 0 Å². The monoisotopic (exact) mass is 445 g/mol. The Labute approximate surface area is 182 Å². The second-order valence-electron chi connectivity index (χ2n) is 5.87. The number of carbonyl (C=O) groups is 2. The molecule has 0 radical (unpaired) electrons. The van der Waals surface area contributed by atoms with Crippen molar-refractivity contribution in [3.05, 3.63) is 98.5 Å². The van der Waals surface area contributed by atoms with Crippen LogP contribution in [0.25, 0.3) is 0 Å². The molecule has 0 unspecified atom stereocenters. The topological polar surface area (TPSA) is 70.6 Å². The smallest absolute Gasteiger partial charge is 0.273 e. The molecule has 0 saturated heterocycles. The first-order valence-electron chi connectivity index (χ1n) is 8.38. The summed E-state index contributed by atoms with van der Waals surface area (Å²) in [4.78, 5) is 24.9. The van der Waals surface area contributed by atoms with Gasteiger partial charge in [-0.1, -0.05) is 53.0 Å². The van der Waals surface area contributed by atoms with Gasteiger partial charge in [0.05, 0.1) is 22.5 Å². The first-order chi connectivity index (χ1) is 13.9. The normalized spacial score (nSPS) is 10.7. The van der Waals surface area contributed by atoms with Crippen molar-refractivity contribution in [2.45, 2.75) is 0 Å². The molecule has 0 aliphatic carbocycles. The van der Waals surface area contributed by atoms with Gasteiger partial charge in [-0.3, -0.25) is 9.59 Å². The molecular weight excluding hydrogens is 433 g/mol. The number of halogens is 3. The Bertz CT molecular complexity index is 1080. The Morgan fingerprint density at radius 3 is 2.24 bits per heavy atom. The van der Waals surface area contributed by atoms with Crippen molar-refractivity contribution >= 4 is 58.5 Å². The number of hydrogen-bond donors (Lipinski definition) is 2. The third-order valence-electron chi connectivity index (χ3n) is 3.86. The number of benzene rings is 3. The van der Waals surface area contributed by atoms with Crippen molar-refractivity contribution in [2.75, 3.05) is 5.32 Å². The quantitative estimate of drug-likeness (QED) is 0.392. The molecule has 0 aliphatic rings. The van der Waals surface area contributed by atoms with Gasteiger partial charge in [0.2, 0.25) is 0 Å². The predicted molar refractivity (Wildman–Crippen MR) is 117 cm³/mol. The van der Waals surface area contributed by atoms with E-state index in [4.69, 9.17) is 34.8 Å². The number of rotatable bonds is 5. The summed E-state index contributed by atoms with van der Waals surface area (Å²) >= 11 is 17.8. The number of carbonyl (C=O) groups excluding carboxylic acids is 2. The van der Waals surface area contributed by atoms with Gasteiger partial charge < -0.3 is 5.32 Å². The van der Waals surface area contributed by atoms with Crippen molar-refractivity contribution in [3.63, 3.8) is 0 Å². The average Bonchev–Trinajstić information content (AvgIpc) is 2.70. The number of amides is 2. The van der Waals surface area contributed by atoms with Crippen LogP contribution < -0.4 is 10.7 Å². The van der Waals surface area contributed by atoms with Crippen LogP contribution in [0, 0.1) is 0 Å². The third kappa shape index (κ3) is 5.57. The van der Waals surface area contributed by atoms with E-state index in [0.717, 1.165) is 0 Å². The zero-order chi connectivity index (χ0) is 20.8. The summed E-state index contributed by atoms with van der Waals surface area (Å²) < 4.78 is 0. The zero-order valence-corrected chi connectivity index (χ0v) is 17.1. The molecule has 0 aliphatic heterocycles. The summed E-state index contributed by atoms with van der Waals surface area (Å²) in [5.74, 6) is -0.850. The van der Waals surface area contributed by atoms with E-state index in [2.05, 4.69) is 15.8 Å². The molecule has 3 aromatic rings. The molecule has 2 amide bonds. The Morgan fingerprint density at radius 2 is 1.52 bits per heavy atom. The summed E-state index contributed by atoms with van der Waals surface area (Å²) in [6.07, 6.45) is 1.41. The van der Waals surface area contributed by atoms with Crippen LogP contribution in [-0.2, 0) is 0 Å². The molecule has 2 N–H and O–H groups in total. The second kappa shape index (κ2) is 9.56. The lowest BCUT2D eigenvalue weighted by molar-refractivity contribution is 0.0956. The molecule has 5 nitrogen and oxygen atoms in total. The molecule has 3 rings (SSSR count). The van der Waals surface area contributed by atoms with Crippen molar-refractivity contribution in [3.8, 4) is 0 Å².